The van der Waals surface area contributed by atoms with Crippen molar-refractivity contribution in [1.29, 1.82) is 0 Å². The van der Waals surface area contributed by atoms with E-state index in [0.717, 1.165) is 0 Å². The van der Waals surface area contributed by atoms with Crippen LogP contribution in [0.4, 0.5) is 65.9 Å². The van der Waals surface area contributed by atoms with Crippen LogP contribution in [0.5, 0.6) is 0 Å². The third kappa shape index (κ3) is 4.59. The first-order chi connectivity index (χ1) is 10.6. The fraction of sp³-hybridized carbons (Fsp3) is 0.500. The van der Waals surface area contributed by atoms with Crippen molar-refractivity contribution in [3.63, 3.8) is 0 Å². The predicted molar refractivity (Wildman–Crippen MR) is 47.0 cm³/mol. The molecule has 0 N–H and O–H groups in total. The minimum absolute atomic E-state index is 0. The van der Waals surface area contributed by atoms with Crippen LogP contribution in [0.2, 0.25) is 0 Å². The molecule has 0 spiro atoms. The van der Waals surface area contributed by atoms with Crippen LogP contribution in [0, 0.1) is 0 Å². The van der Waals surface area contributed by atoms with Gasteiger partial charge in [-0.2, -0.15) is 65.9 Å². The maximum Gasteiger partial charge on any atom is 1.00 e. The predicted octanol–water partition coefficient (Wildman–Crippen LogP) is 3.50. The number of rotatable bonds is 0. The van der Waals surface area contributed by atoms with Gasteiger partial charge in [-0.05, 0) is 16.7 Å². The van der Waals surface area contributed by atoms with Gasteiger partial charge in [0.2, 0.25) is 0 Å². The van der Waals surface area contributed by atoms with E-state index in [0.29, 0.717) is 0 Å². The maximum absolute atomic E-state index is 12.6. The van der Waals surface area contributed by atoms with Crippen LogP contribution in [-0.2, 0) is 30.9 Å². The summed E-state index contributed by atoms with van der Waals surface area (Å²) in [6.45, 7) is 0. The molecule has 0 atom stereocenters. The molecule has 0 aromatic heterocycles. The van der Waals surface area contributed by atoms with Gasteiger partial charge in [0.1, 0.15) is 0 Å². The van der Waals surface area contributed by atoms with Gasteiger partial charge >= 0.3 is 49.7 Å². The molecule has 0 amide bonds. The SMILES string of the molecule is FC(F)(F)c1c(C(F)(F)F)c(C(F)(F)F)[c-](C(F)(F)F)c1C(F)(F)F.[Li+]. The minimum Gasteiger partial charge on any atom is -0.180 e. The zero-order chi connectivity index (χ0) is 20.4. The molecule has 0 nitrogen and oxygen atoms in total. The molecule has 1 aromatic rings. The second-order valence-corrected chi connectivity index (χ2v) is 4.36. The Hall–Kier alpha value is -1.10. The zero-order valence-corrected chi connectivity index (χ0v) is 11.7. The largest absolute Gasteiger partial charge is 1.00 e. The molecule has 1 aromatic carbocycles. The van der Waals surface area contributed by atoms with Crippen molar-refractivity contribution >= 4 is 0 Å². The molecule has 0 aliphatic heterocycles. The van der Waals surface area contributed by atoms with Crippen molar-refractivity contribution in [2.45, 2.75) is 30.9 Å². The summed E-state index contributed by atoms with van der Waals surface area (Å²) in [7, 11) is 0. The van der Waals surface area contributed by atoms with Crippen molar-refractivity contribution in [2.75, 3.05) is 0 Å². The Morgan fingerprint density at radius 1 is 0.423 bits per heavy atom. The van der Waals surface area contributed by atoms with E-state index in [1.165, 1.54) is 0 Å². The van der Waals surface area contributed by atoms with Crippen LogP contribution < -0.4 is 18.9 Å². The van der Waals surface area contributed by atoms with Crippen LogP contribution in [0.25, 0.3) is 0 Å². The summed E-state index contributed by atoms with van der Waals surface area (Å²) in [5, 5.41) is 0. The second-order valence-electron chi connectivity index (χ2n) is 4.36. The summed E-state index contributed by atoms with van der Waals surface area (Å²) in [5.41, 5.74) is -20.5. The second kappa shape index (κ2) is 6.50. The van der Waals surface area contributed by atoms with Crippen LogP contribution in [0.15, 0.2) is 0 Å². The van der Waals surface area contributed by atoms with E-state index in [1.807, 2.05) is 0 Å². The molecule has 0 saturated carbocycles. The van der Waals surface area contributed by atoms with Gasteiger partial charge in [0.25, 0.3) is 0 Å². The smallest absolute Gasteiger partial charge is 0.180 e. The van der Waals surface area contributed by atoms with Gasteiger partial charge in [-0.3, -0.25) is 0 Å². The molecule has 0 aliphatic rings. The summed E-state index contributed by atoms with van der Waals surface area (Å²) in [5.74, 6) is 0. The Morgan fingerprint density at radius 2 is 0.654 bits per heavy atom. The molecule has 0 fully saturated rings. The Morgan fingerprint density at radius 3 is 0.769 bits per heavy atom. The Balaban J connectivity index is 0.00000625. The topological polar surface area (TPSA) is 0 Å². The van der Waals surface area contributed by atoms with Crippen molar-refractivity contribution in [1.82, 2.24) is 0 Å². The fourth-order valence-electron chi connectivity index (χ4n) is 2.04. The first-order valence-corrected chi connectivity index (χ1v) is 5.33. The monoisotopic (exact) mass is 412 g/mol. The van der Waals surface area contributed by atoms with Crippen molar-refractivity contribution in [2.24, 2.45) is 0 Å². The average molecular weight is 412 g/mol. The van der Waals surface area contributed by atoms with Gasteiger partial charge in [-0.25, -0.2) is 0 Å². The molecule has 1 rings (SSSR count). The zero-order valence-electron chi connectivity index (χ0n) is 11.7. The summed E-state index contributed by atoms with van der Waals surface area (Å²) in [4.78, 5) is 0. The molecule has 0 unspecified atom stereocenters. The molecule has 0 saturated heterocycles. The van der Waals surface area contributed by atoms with Crippen molar-refractivity contribution < 1.29 is 84.7 Å². The first kappa shape index (κ1) is 24.9. The summed E-state index contributed by atoms with van der Waals surface area (Å²) >= 11 is 0. The number of hydrogen-bond donors (Lipinski definition) is 0. The molecule has 0 bridgehead atoms. The number of hydrogen-bond acceptors (Lipinski definition) is 0. The van der Waals surface area contributed by atoms with Gasteiger partial charge < -0.3 is 0 Å². The van der Waals surface area contributed by atoms with Crippen LogP contribution in [-0.4, -0.2) is 0 Å². The van der Waals surface area contributed by atoms with E-state index in [9.17, 15) is 65.9 Å². The van der Waals surface area contributed by atoms with E-state index in [4.69, 9.17) is 0 Å². The van der Waals surface area contributed by atoms with Crippen molar-refractivity contribution in [3.05, 3.63) is 27.8 Å². The van der Waals surface area contributed by atoms with Crippen molar-refractivity contribution in [3.8, 4) is 0 Å². The summed E-state index contributed by atoms with van der Waals surface area (Å²) < 4.78 is 189. The van der Waals surface area contributed by atoms with Gasteiger partial charge in [0.05, 0.1) is 0 Å². The third-order valence-electron chi connectivity index (χ3n) is 2.67. The Kier molecular flexibility index (Phi) is 6.23. The van der Waals surface area contributed by atoms with Crippen LogP contribution >= 0.6 is 0 Å². The van der Waals surface area contributed by atoms with E-state index in [2.05, 4.69) is 0 Å². The molecule has 0 aliphatic carbocycles. The molecule has 0 heterocycles. The fourth-order valence-corrected chi connectivity index (χ4v) is 2.04. The van der Waals surface area contributed by atoms with Gasteiger partial charge in [-0.15, -0.1) is 0 Å². The van der Waals surface area contributed by atoms with Gasteiger partial charge in [0.15, 0.2) is 0 Å². The van der Waals surface area contributed by atoms with Gasteiger partial charge in [0, 0.05) is 0 Å². The standard InChI is InChI=1S/C10F15.Li/c11-6(12,13)1-2(7(14,15)16)4(9(20,21)22)5(10(23,24)25)3(1)8(17,18)19;/q-1;+1. The van der Waals surface area contributed by atoms with Crippen LogP contribution in [0.3, 0.4) is 0 Å². The average Bonchev–Trinajstić information content (AvgIpc) is 2.61. The molecular formula is C10F15Li. The Bertz CT molecular complexity index is 495. The maximum atomic E-state index is 12.6. The normalized spacial score (nSPS) is 14.4. The number of halogens is 15. The minimum atomic E-state index is -6.81. The van der Waals surface area contributed by atoms with Gasteiger partial charge in [-0.1, -0.05) is 11.1 Å². The Labute approximate surface area is 144 Å². The molecule has 146 valence electrons. The molecular weight excluding hydrogens is 412 g/mol. The third-order valence-corrected chi connectivity index (χ3v) is 2.67. The van der Waals surface area contributed by atoms with E-state index >= 15 is 0 Å². The molecule has 26 heavy (non-hydrogen) atoms. The first-order valence-electron chi connectivity index (χ1n) is 5.33. The summed E-state index contributed by atoms with van der Waals surface area (Å²) in [6, 6.07) is 0. The molecule has 16 heteroatoms. The molecule has 0 radical (unpaired) electrons. The quantitative estimate of drug-likeness (QED) is 0.348. The number of alkyl halides is 15. The van der Waals surface area contributed by atoms with Crippen LogP contribution in [0.1, 0.15) is 27.8 Å². The van der Waals surface area contributed by atoms with E-state index in [-0.39, 0.29) is 18.9 Å². The summed E-state index contributed by atoms with van der Waals surface area (Å²) in [6.07, 6.45) is -34.0. The van der Waals surface area contributed by atoms with E-state index in [1.54, 1.807) is 0 Å². The van der Waals surface area contributed by atoms with E-state index < -0.39 is 58.7 Å².